The quantitative estimate of drug-likeness (QED) is 0.674. The minimum atomic E-state index is 0.632. The molecule has 0 aromatic carbocycles. The van der Waals surface area contributed by atoms with Gasteiger partial charge in [0.25, 0.3) is 0 Å². The van der Waals surface area contributed by atoms with Crippen LogP contribution in [0.3, 0.4) is 0 Å². The van der Waals surface area contributed by atoms with Gasteiger partial charge in [-0.25, -0.2) is 0 Å². The number of nitrogens with zero attached hydrogens (tertiary/aromatic N) is 1. The first kappa shape index (κ1) is 9.96. The first-order chi connectivity index (χ1) is 5.83. The van der Waals surface area contributed by atoms with Crippen molar-refractivity contribution in [2.24, 2.45) is 0 Å². The summed E-state index contributed by atoms with van der Waals surface area (Å²) in [5.41, 5.74) is 0. The lowest BCUT2D eigenvalue weighted by Crippen LogP contribution is -2.44. The molecule has 0 aliphatic carbocycles. The minimum Gasteiger partial charge on any atom is -0.379 e. The zero-order valence-electron chi connectivity index (χ0n) is 8.18. The standard InChI is InChI=1S/C9H20N2O/c1-3-9(2)10-8-11-4-6-12-7-5-11/h9-10H,3-8H2,1-2H3. The van der Waals surface area contributed by atoms with Gasteiger partial charge < -0.3 is 10.1 Å². The molecule has 1 N–H and O–H groups in total. The molecule has 0 bridgehead atoms. The Morgan fingerprint density at radius 1 is 1.42 bits per heavy atom. The van der Waals surface area contributed by atoms with Gasteiger partial charge in [0.15, 0.2) is 0 Å². The highest BCUT2D eigenvalue weighted by Crippen LogP contribution is 1.95. The molecule has 1 unspecified atom stereocenters. The highest BCUT2D eigenvalue weighted by atomic mass is 16.5. The van der Waals surface area contributed by atoms with Crippen molar-refractivity contribution in [3.8, 4) is 0 Å². The van der Waals surface area contributed by atoms with E-state index in [0.29, 0.717) is 6.04 Å². The molecule has 12 heavy (non-hydrogen) atoms. The average molecular weight is 172 g/mol. The summed E-state index contributed by atoms with van der Waals surface area (Å²) in [7, 11) is 0. The van der Waals surface area contributed by atoms with Crippen LogP contribution >= 0.6 is 0 Å². The Morgan fingerprint density at radius 2 is 2.08 bits per heavy atom. The molecule has 0 aromatic heterocycles. The second-order valence-electron chi connectivity index (χ2n) is 3.40. The zero-order chi connectivity index (χ0) is 8.81. The van der Waals surface area contributed by atoms with Crippen LogP contribution in [0.2, 0.25) is 0 Å². The number of hydrogen-bond acceptors (Lipinski definition) is 3. The van der Waals surface area contributed by atoms with Crippen LogP contribution in [0, 0.1) is 0 Å². The van der Waals surface area contributed by atoms with E-state index in [9.17, 15) is 0 Å². The molecule has 1 fully saturated rings. The van der Waals surface area contributed by atoms with Gasteiger partial charge in [-0.1, -0.05) is 6.92 Å². The van der Waals surface area contributed by atoms with Crippen molar-refractivity contribution in [3.63, 3.8) is 0 Å². The first-order valence-corrected chi connectivity index (χ1v) is 4.86. The van der Waals surface area contributed by atoms with Gasteiger partial charge in [0, 0.05) is 25.8 Å². The van der Waals surface area contributed by atoms with E-state index in [1.807, 2.05) is 0 Å². The Morgan fingerprint density at radius 3 is 2.67 bits per heavy atom. The van der Waals surface area contributed by atoms with Crippen molar-refractivity contribution in [2.45, 2.75) is 26.3 Å². The van der Waals surface area contributed by atoms with Crippen LogP contribution in [0.1, 0.15) is 20.3 Å². The summed E-state index contributed by atoms with van der Waals surface area (Å²) in [4.78, 5) is 2.40. The minimum absolute atomic E-state index is 0.632. The Labute approximate surface area is 75.1 Å². The normalized spacial score (nSPS) is 22.5. The van der Waals surface area contributed by atoms with E-state index in [1.54, 1.807) is 0 Å². The molecule has 3 nitrogen and oxygen atoms in total. The second-order valence-corrected chi connectivity index (χ2v) is 3.40. The summed E-state index contributed by atoms with van der Waals surface area (Å²) in [6.45, 7) is 9.37. The van der Waals surface area contributed by atoms with E-state index in [-0.39, 0.29) is 0 Å². The van der Waals surface area contributed by atoms with Gasteiger partial charge in [0.2, 0.25) is 0 Å². The lowest BCUT2D eigenvalue weighted by atomic mass is 10.3. The first-order valence-electron chi connectivity index (χ1n) is 4.86. The summed E-state index contributed by atoms with van der Waals surface area (Å²) >= 11 is 0. The van der Waals surface area contributed by atoms with Gasteiger partial charge in [-0.2, -0.15) is 0 Å². The topological polar surface area (TPSA) is 24.5 Å². The lowest BCUT2D eigenvalue weighted by Gasteiger charge is -2.28. The molecule has 1 aliphatic heterocycles. The third-order valence-corrected chi connectivity index (χ3v) is 2.38. The van der Waals surface area contributed by atoms with E-state index >= 15 is 0 Å². The molecule has 1 heterocycles. The fourth-order valence-electron chi connectivity index (χ4n) is 1.19. The van der Waals surface area contributed by atoms with Gasteiger partial charge in [0.1, 0.15) is 0 Å². The Bertz CT molecular complexity index is 113. The fraction of sp³-hybridized carbons (Fsp3) is 1.00. The highest BCUT2D eigenvalue weighted by Gasteiger charge is 2.09. The number of ether oxygens (including phenoxy) is 1. The fourth-order valence-corrected chi connectivity index (χ4v) is 1.19. The van der Waals surface area contributed by atoms with Crippen LogP contribution < -0.4 is 5.32 Å². The predicted octanol–water partition coefficient (Wildman–Crippen LogP) is 0.664. The number of nitrogens with one attached hydrogen (secondary N) is 1. The molecule has 1 saturated heterocycles. The molecule has 0 spiro atoms. The molecule has 0 saturated carbocycles. The third-order valence-electron chi connectivity index (χ3n) is 2.38. The highest BCUT2D eigenvalue weighted by molar-refractivity contribution is 4.63. The summed E-state index contributed by atoms with van der Waals surface area (Å²) in [5.74, 6) is 0. The molecule has 0 amide bonds. The van der Waals surface area contributed by atoms with E-state index in [2.05, 4.69) is 24.1 Å². The van der Waals surface area contributed by atoms with Gasteiger partial charge >= 0.3 is 0 Å². The average Bonchev–Trinajstić information content (AvgIpc) is 2.16. The molecule has 3 heteroatoms. The van der Waals surface area contributed by atoms with Crippen molar-refractivity contribution < 1.29 is 4.74 Å². The molecule has 0 aromatic rings. The Hall–Kier alpha value is -0.120. The maximum Gasteiger partial charge on any atom is 0.0594 e. The lowest BCUT2D eigenvalue weighted by molar-refractivity contribution is 0.0328. The van der Waals surface area contributed by atoms with Crippen LogP contribution in [-0.4, -0.2) is 43.9 Å². The monoisotopic (exact) mass is 172 g/mol. The Balaban J connectivity index is 2.05. The van der Waals surface area contributed by atoms with E-state index in [1.165, 1.54) is 6.42 Å². The van der Waals surface area contributed by atoms with Crippen molar-refractivity contribution in [3.05, 3.63) is 0 Å². The van der Waals surface area contributed by atoms with Gasteiger partial charge in [-0.15, -0.1) is 0 Å². The van der Waals surface area contributed by atoms with Gasteiger partial charge in [-0.05, 0) is 13.3 Å². The number of rotatable bonds is 4. The second kappa shape index (κ2) is 5.51. The van der Waals surface area contributed by atoms with Crippen LogP contribution in [-0.2, 0) is 4.74 Å². The van der Waals surface area contributed by atoms with E-state index < -0.39 is 0 Å². The maximum atomic E-state index is 5.26. The molecule has 0 radical (unpaired) electrons. The molecule has 1 aliphatic rings. The summed E-state index contributed by atoms with van der Waals surface area (Å²) in [5, 5.41) is 3.47. The SMILES string of the molecule is CCC(C)NCN1CCOCC1. The van der Waals surface area contributed by atoms with Gasteiger partial charge in [0.05, 0.1) is 13.2 Å². The molecule has 72 valence electrons. The van der Waals surface area contributed by atoms with Crippen molar-refractivity contribution in [1.82, 2.24) is 10.2 Å². The summed E-state index contributed by atoms with van der Waals surface area (Å²) in [6.07, 6.45) is 1.20. The maximum absolute atomic E-state index is 5.26. The number of hydrogen-bond donors (Lipinski definition) is 1. The van der Waals surface area contributed by atoms with E-state index in [0.717, 1.165) is 33.0 Å². The van der Waals surface area contributed by atoms with Gasteiger partial charge in [-0.3, -0.25) is 4.90 Å². The largest absolute Gasteiger partial charge is 0.379 e. The molecular weight excluding hydrogens is 152 g/mol. The zero-order valence-corrected chi connectivity index (χ0v) is 8.18. The van der Waals surface area contributed by atoms with Crippen LogP contribution in [0.4, 0.5) is 0 Å². The van der Waals surface area contributed by atoms with Crippen molar-refractivity contribution >= 4 is 0 Å². The van der Waals surface area contributed by atoms with Crippen LogP contribution in [0.5, 0.6) is 0 Å². The molecule has 1 rings (SSSR count). The van der Waals surface area contributed by atoms with E-state index in [4.69, 9.17) is 4.74 Å². The van der Waals surface area contributed by atoms with Crippen molar-refractivity contribution in [2.75, 3.05) is 33.0 Å². The van der Waals surface area contributed by atoms with Crippen LogP contribution in [0.25, 0.3) is 0 Å². The molecule has 1 atom stereocenters. The van der Waals surface area contributed by atoms with Crippen LogP contribution in [0.15, 0.2) is 0 Å². The number of morpholine rings is 1. The smallest absolute Gasteiger partial charge is 0.0594 e. The molecular formula is C9H20N2O. The summed E-state index contributed by atoms with van der Waals surface area (Å²) < 4.78 is 5.26. The van der Waals surface area contributed by atoms with Crippen molar-refractivity contribution in [1.29, 1.82) is 0 Å². The third kappa shape index (κ3) is 3.52. The summed E-state index contributed by atoms with van der Waals surface area (Å²) in [6, 6.07) is 0.632. The Kier molecular flexibility index (Phi) is 4.58. The predicted molar refractivity (Wildman–Crippen MR) is 50.1 cm³/mol.